The first kappa shape index (κ1) is 7.80. The van der Waals surface area contributed by atoms with E-state index in [0.29, 0.717) is 6.34 Å². The zero-order chi connectivity index (χ0) is 7.28. The van der Waals surface area contributed by atoms with Crippen molar-refractivity contribution in [1.29, 1.82) is 0 Å². The Hall–Kier alpha value is -1.20. The van der Waals surface area contributed by atoms with E-state index in [1.54, 1.807) is 0 Å². The van der Waals surface area contributed by atoms with Gasteiger partial charge < -0.3 is 5.73 Å². The van der Waals surface area contributed by atoms with Crippen molar-refractivity contribution in [3.8, 4) is 0 Å². The molecule has 0 unspecified atom stereocenters. The fourth-order valence-corrected chi connectivity index (χ4v) is 0.217. The Morgan fingerprint density at radius 3 is 2.33 bits per heavy atom. The summed E-state index contributed by atoms with van der Waals surface area (Å²) in [5, 5.41) is 5.88. The maximum atomic E-state index is 11.5. The lowest BCUT2D eigenvalue weighted by Crippen LogP contribution is -2.17. The quantitative estimate of drug-likeness (QED) is 0.257. The second kappa shape index (κ2) is 3.76. The van der Waals surface area contributed by atoms with E-state index >= 15 is 0 Å². The molecular formula is C3H6F2N4. The number of rotatable bonds is 3. The summed E-state index contributed by atoms with van der Waals surface area (Å²) in [6, 6.07) is 0. The standard InChI is InChI=1S/C3H6F2N4/c1-7-9(3(4)5)8-2-6/h2-3H,1H2,(H2,6,8). The number of hydrogen-bond acceptors (Lipinski definition) is 3. The zero-order valence-corrected chi connectivity index (χ0v) is 4.54. The topological polar surface area (TPSA) is 54.0 Å². The molecule has 0 atom stereocenters. The molecule has 0 saturated carbocycles. The maximum Gasteiger partial charge on any atom is 0.348 e. The summed E-state index contributed by atoms with van der Waals surface area (Å²) >= 11 is 0. The molecule has 0 aromatic carbocycles. The van der Waals surface area contributed by atoms with Crippen molar-refractivity contribution in [1.82, 2.24) is 5.12 Å². The zero-order valence-electron chi connectivity index (χ0n) is 4.54. The Kier molecular flexibility index (Phi) is 3.26. The van der Waals surface area contributed by atoms with Crippen molar-refractivity contribution < 1.29 is 8.78 Å². The van der Waals surface area contributed by atoms with Gasteiger partial charge in [-0.25, -0.2) is 0 Å². The van der Waals surface area contributed by atoms with E-state index in [9.17, 15) is 8.78 Å². The highest BCUT2D eigenvalue weighted by atomic mass is 19.3. The Balaban J connectivity index is 3.82. The number of nitrogens with zero attached hydrogens (tertiary/aromatic N) is 3. The van der Waals surface area contributed by atoms with Gasteiger partial charge in [0.05, 0.1) is 0 Å². The molecule has 0 aromatic rings. The van der Waals surface area contributed by atoms with Crippen LogP contribution in [0.2, 0.25) is 0 Å². The molecule has 9 heavy (non-hydrogen) atoms. The fraction of sp³-hybridized carbons (Fsp3) is 0.333. The van der Waals surface area contributed by atoms with E-state index in [2.05, 4.69) is 22.7 Å². The number of hydrogen-bond donors (Lipinski definition) is 1. The molecular weight excluding hydrogens is 130 g/mol. The van der Waals surface area contributed by atoms with Crippen LogP contribution in [0.4, 0.5) is 8.78 Å². The predicted molar refractivity (Wildman–Crippen MR) is 30.1 cm³/mol. The van der Waals surface area contributed by atoms with Crippen molar-refractivity contribution in [2.24, 2.45) is 15.9 Å². The van der Waals surface area contributed by atoms with Gasteiger partial charge in [0, 0.05) is 6.72 Å². The number of halogens is 2. The third kappa shape index (κ3) is 2.58. The highest BCUT2D eigenvalue weighted by Gasteiger charge is 2.09. The smallest absolute Gasteiger partial charge is 0.348 e. The highest BCUT2D eigenvalue weighted by molar-refractivity contribution is 5.50. The lowest BCUT2D eigenvalue weighted by Gasteiger charge is -2.07. The van der Waals surface area contributed by atoms with Crippen molar-refractivity contribution in [3.63, 3.8) is 0 Å². The first-order valence-corrected chi connectivity index (χ1v) is 2.00. The van der Waals surface area contributed by atoms with Gasteiger partial charge >= 0.3 is 6.55 Å². The number of nitrogens with two attached hydrogens (primary N) is 1. The molecule has 52 valence electrons. The third-order valence-electron chi connectivity index (χ3n) is 0.504. The van der Waals surface area contributed by atoms with Crippen LogP contribution in [-0.2, 0) is 0 Å². The third-order valence-corrected chi connectivity index (χ3v) is 0.504. The van der Waals surface area contributed by atoms with Crippen LogP contribution in [0.15, 0.2) is 10.2 Å². The van der Waals surface area contributed by atoms with Gasteiger partial charge in [0.2, 0.25) is 0 Å². The minimum atomic E-state index is -2.79. The largest absolute Gasteiger partial charge is 0.388 e. The Labute approximate surface area is 50.6 Å². The molecule has 0 bridgehead atoms. The molecule has 0 heterocycles. The van der Waals surface area contributed by atoms with Gasteiger partial charge in [-0.3, -0.25) is 0 Å². The lowest BCUT2D eigenvalue weighted by molar-refractivity contribution is -0.0231. The van der Waals surface area contributed by atoms with Crippen LogP contribution in [-0.4, -0.2) is 24.7 Å². The van der Waals surface area contributed by atoms with Crippen molar-refractivity contribution in [3.05, 3.63) is 0 Å². The van der Waals surface area contributed by atoms with Crippen molar-refractivity contribution >= 4 is 13.1 Å². The first-order chi connectivity index (χ1) is 4.22. The second-order valence-corrected chi connectivity index (χ2v) is 1.00. The van der Waals surface area contributed by atoms with Gasteiger partial charge in [0.15, 0.2) is 0 Å². The van der Waals surface area contributed by atoms with Gasteiger partial charge in [-0.1, -0.05) is 0 Å². The Morgan fingerprint density at radius 2 is 2.22 bits per heavy atom. The van der Waals surface area contributed by atoms with E-state index in [1.165, 1.54) is 0 Å². The average molecular weight is 136 g/mol. The summed E-state index contributed by atoms with van der Waals surface area (Å²) < 4.78 is 23.0. The van der Waals surface area contributed by atoms with E-state index < -0.39 is 6.55 Å². The minimum absolute atomic E-state index is 0.0972. The lowest BCUT2D eigenvalue weighted by atomic mass is 11.2. The highest BCUT2D eigenvalue weighted by Crippen LogP contribution is 2.01. The molecule has 0 spiro atoms. The van der Waals surface area contributed by atoms with E-state index in [0.717, 1.165) is 0 Å². The van der Waals surface area contributed by atoms with Crippen LogP contribution in [0.1, 0.15) is 0 Å². The summed E-state index contributed by atoms with van der Waals surface area (Å²) in [5.74, 6) is 0. The van der Waals surface area contributed by atoms with Crippen LogP contribution in [0, 0.1) is 0 Å². The minimum Gasteiger partial charge on any atom is -0.388 e. The molecule has 0 aliphatic carbocycles. The Morgan fingerprint density at radius 1 is 1.67 bits per heavy atom. The second-order valence-electron chi connectivity index (χ2n) is 1.00. The maximum absolute atomic E-state index is 11.5. The number of hydrazone groups is 2. The molecule has 0 rings (SSSR count). The molecule has 0 aliphatic rings. The van der Waals surface area contributed by atoms with Gasteiger partial charge in [-0.2, -0.15) is 13.9 Å². The molecule has 6 heteroatoms. The molecule has 2 N–H and O–H groups in total. The summed E-state index contributed by atoms with van der Waals surface area (Å²) in [6.45, 7) is 0.0380. The fourth-order valence-electron chi connectivity index (χ4n) is 0.217. The summed E-state index contributed by atoms with van der Waals surface area (Å²) in [5.41, 5.74) is 4.69. The summed E-state index contributed by atoms with van der Waals surface area (Å²) in [7, 11) is 0. The molecule has 4 nitrogen and oxygen atoms in total. The van der Waals surface area contributed by atoms with Crippen LogP contribution in [0.3, 0.4) is 0 Å². The van der Waals surface area contributed by atoms with Crippen LogP contribution in [0.25, 0.3) is 0 Å². The van der Waals surface area contributed by atoms with E-state index in [4.69, 9.17) is 0 Å². The summed E-state index contributed by atoms with van der Waals surface area (Å²) in [6.07, 6.45) is 0.709. The van der Waals surface area contributed by atoms with Crippen LogP contribution >= 0.6 is 0 Å². The van der Waals surface area contributed by atoms with Crippen LogP contribution < -0.4 is 5.73 Å². The molecule has 0 radical (unpaired) electrons. The summed E-state index contributed by atoms with van der Waals surface area (Å²) in [4.78, 5) is 0. The monoisotopic (exact) mass is 136 g/mol. The molecule has 0 aliphatic heterocycles. The molecule has 0 amide bonds. The van der Waals surface area contributed by atoms with Gasteiger partial charge in [-0.05, 0) is 0 Å². The van der Waals surface area contributed by atoms with Crippen molar-refractivity contribution in [2.75, 3.05) is 0 Å². The SMILES string of the molecule is C=NN(/N=C\N)C(F)F. The van der Waals surface area contributed by atoms with Gasteiger partial charge in [-0.15, -0.1) is 10.2 Å². The molecule has 0 aromatic heterocycles. The van der Waals surface area contributed by atoms with Gasteiger partial charge in [0.1, 0.15) is 6.34 Å². The molecule has 0 saturated heterocycles. The molecule has 0 fully saturated rings. The normalized spacial score (nSPS) is 10.6. The first-order valence-electron chi connectivity index (χ1n) is 2.00. The predicted octanol–water partition coefficient (Wildman–Crippen LogP) is 0.0286. The number of alkyl halides is 2. The van der Waals surface area contributed by atoms with Gasteiger partial charge in [0.25, 0.3) is 0 Å². The van der Waals surface area contributed by atoms with E-state index in [-0.39, 0.29) is 5.12 Å². The van der Waals surface area contributed by atoms with E-state index in [1.807, 2.05) is 0 Å². The average Bonchev–Trinajstić information content (AvgIpc) is 1.82. The Bertz CT molecular complexity index is 112. The van der Waals surface area contributed by atoms with Crippen molar-refractivity contribution in [2.45, 2.75) is 6.55 Å². The van der Waals surface area contributed by atoms with Crippen LogP contribution in [0.5, 0.6) is 0 Å².